The highest BCUT2D eigenvalue weighted by Gasteiger charge is 2.40. The number of rotatable bonds is 7. The molecule has 1 aliphatic heterocycles. The van der Waals surface area contributed by atoms with Gasteiger partial charge in [0.15, 0.2) is 0 Å². The fourth-order valence-electron chi connectivity index (χ4n) is 5.52. The second-order valence-corrected chi connectivity index (χ2v) is 11.3. The monoisotopic (exact) mass is 603 g/mol. The molecule has 0 radical (unpaired) electrons. The summed E-state index contributed by atoms with van der Waals surface area (Å²) >= 11 is 12.5. The summed E-state index contributed by atoms with van der Waals surface area (Å²) < 4.78 is 16.5. The zero-order valence-corrected chi connectivity index (χ0v) is 25.5. The molecule has 4 aromatic carbocycles. The van der Waals surface area contributed by atoms with Crippen molar-refractivity contribution in [3.8, 4) is 28.0 Å². The smallest absolute Gasteiger partial charge is 0.411 e. The average molecular weight is 605 g/mol. The summed E-state index contributed by atoms with van der Waals surface area (Å²) in [5, 5.41) is 0.977. The summed E-state index contributed by atoms with van der Waals surface area (Å²) in [4.78, 5) is 26.9. The molecule has 1 amide bonds. The first-order valence-corrected chi connectivity index (χ1v) is 14.3. The van der Waals surface area contributed by atoms with E-state index in [9.17, 15) is 9.59 Å². The van der Waals surface area contributed by atoms with Gasteiger partial charge in [-0.1, -0.05) is 59.1 Å². The summed E-state index contributed by atoms with van der Waals surface area (Å²) in [5.74, 6) is 0.330. The Morgan fingerprint density at radius 1 is 0.881 bits per heavy atom. The minimum atomic E-state index is -0.504. The third-order valence-electron chi connectivity index (χ3n) is 7.66. The second kappa shape index (κ2) is 12.1. The third kappa shape index (κ3) is 5.83. The first kappa shape index (κ1) is 29.5. The van der Waals surface area contributed by atoms with Gasteiger partial charge in [-0.15, -0.1) is 0 Å². The highest BCUT2D eigenvalue weighted by molar-refractivity contribution is 6.34. The Bertz CT molecular complexity index is 1660. The summed E-state index contributed by atoms with van der Waals surface area (Å²) in [6, 6.07) is 22.7. The van der Waals surface area contributed by atoms with E-state index in [2.05, 4.69) is 18.2 Å². The molecule has 4 aromatic rings. The number of ether oxygens (including phenoxy) is 3. The molecule has 0 bridgehead atoms. The number of nitrogens with zero attached hydrogens (tertiary/aromatic N) is 1. The van der Waals surface area contributed by atoms with Crippen molar-refractivity contribution >= 4 is 35.3 Å². The van der Waals surface area contributed by atoms with Gasteiger partial charge in [-0.3, -0.25) is 4.90 Å². The summed E-state index contributed by atoms with van der Waals surface area (Å²) in [6.07, 6.45) is -0.908. The van der Waals surface area contributed by atoms with Crippen molar-refractivity contribution in [2.75, 3.05) is 14.2 Å². The van der Waals surface area contributed by atoms with E-state index >= 15 is 0 Å². The Labute approximate surface area is 255 Å². The molecule has 0 saturated carbocycles. The highest BCUT2D eigenvalue weighted by Crippen LogP contribution is 2.40. The van der Waals surface area contributed by atoms with Crippen LogP contribution in [0.15, 0.2) is 72.8 Å². The molecule has 1 fully saturated rings. The number of hydrogen-bond donors (Lipinski definition) is 0. The first-order chi connectivity index (χ1) is 20.1. The maximum absolute atomic E-state index is 13.2. The number of carbonyl (C=O) groups excluding carboxylic acids is 2. The van der Waals surface area contributed by atoms with Gasteiger partial charge in [0.1, 0.15) is 11.9 Å². The molecule has 8 heteroatoms. The minimum absolute atomic E-state index is 0.260. The summed E-state index contributed by atoms with van der Waals surface area (Å²) in [7, 11) is 3.01. The molecule has 2 atom stereocenters. The van der Waals surface area contributed by atoms with Gasteiger partial charge in [0.05, 0.1) is 32.4 Å². The van der Waals surface area contributed by atoms with Crippen LogP contribution in [0.25, 0.3) is 22.3 Å². The minimum Gasteiger partial charge on any atom is -0.496 e. The van der Waals surface area contributed by atoms with Gasteiger partial charge in [-0.2, -0.15) is 0 Å². The zero-order valence-electron chi connectivity index (χ0n) is 24.0. The Balaban J connectivity index is 1.52. The molecule has 6 nitrogen and oxygen atoms in total. The van der Waals surface area contributed by atoms with Crippen LogP contribution in [0.5, 0.6) is 5.75 Å². The van der Waals surface area contributed by atoms with Gasteiger partial charge in [-0.05, 0) is 96.6 Å². The van der Waals surface area contributed by atoms with E-state index in [-0.39, 0.29) is 12.0 Å². The number of cyclic esters (lactones) is 1. The summed E-state index contributed by atoms with van der Waals surface area (Å²) in [6.45, 7) is 6.28. The lowest BCUT2D eigenvalue weighted by atomic mass is 9.92. The predicted octanol–water partition coefficient (Wildman–Crippen LogP) is 8.82. The van der Waals surface area contributed by atoms with Crippen molar-refractivity contribution in [2.24, 2.45) is 0 Å². The zero-order chi connectivity index (χ0) is 30.1. The lowest BCUT2D eigenvalue weighted by Gasteiger charge is -2.23. The SMILES string of the molecule is COC(=O)c1ccc(-c2ccc(OC)c(-c3ccc(C)cc3CN3C(=O)O[C@H](c4cc(Cl)cc(Cl)c4)[C@@H]3C)c2)c(C)c1. The molecule has 1 saturated heterocycles. The standard InChI is InChI=1S/C34H31Cl2NO5/c1-19-6-9-29(25(12-19)18-37-21(3)32(42-34(37)39)24-14-26(35)17-27(36)15-24)30-16-22(8-11-31(30)40-4)28-10-7-23(13-20(28)2)33(38)41-5/h6-17,21,32H,18H2,1-5H3/t21-,32-/m0/s1. The van der Waals surface area contributed by atoms with Crippen molar-refractivity contribution in [1.82, 2.24) is 4.90 Å². The largest absolute Gasteiger partial charge is 0.496 e. The van der Waals surface area contributed by atoms with Crippen LogP contribution in [0, 0.1) is 13.8 Å². The normalized spacial score (nSPS) is 16.4. The van der Waals surface area contributed by atoms with Crippen molar-refractivity contribution in [2.45, 2.75) is 39.5 Å². The molecule has 0 aliphatic carbocycles. The number of benzene rings is 4. The number of carbonyl (C=O) groups is 2. The van der Waals surface area contributed by atoms with Crippen molar-refractivity contribution < 1.29 is 23.8 Å². The molecule has 0 aromatic heterocycles. The average Bonchev–Trinajstić information content (AvgIpc) is 3.24. The summed E-state index contributed by atoms with van der Waals surface area (Å²) in [5.41, 5.74) is 8.00. The lowest BCUT2D eigenvalue weighted by Crippen LogP contribution is -2.31. The van der Waals surface area contributed by atoms with E-state index < -0.39 is 12.2 Å². The predicted molar refractivity (Wildman–Crippen MR) is 165 cm³/mol. The molecular formula is C34H31Cl2NO5. The molecule has 1 heterocycles. The molecular weight excluding hydrogens is 573 g/mol. The number of amides is 1. The van der Waals surface area contributed by atoms with Crippen LogP contribution >= 0.6 is 23.2 Å². The van der Waals surface area contributed by atoms with Crippen LogP contribution in [0.4, 0.5) is 4.79 Å². The molecule has 0 spiro atoms. The van der Waals surface area contributed by atoms with Gasteiger partial charge in [0.25, 0.3) is 0 Å². The number of methoxy groups -OCH3 is 2. The van der Waals surface area contributed by atoms with Gasteiger partial charge < -0.3 is 14.2 Å². The van der Waals surface area contributed by atoms with E-state index in [1.807, 2.05) is 51.1 Å². The second-order valence-electron chi connectivity index (χ2n) is 10.5. The van der Waals surface area contributed by atoms with Crippen LogP contribution in [-0.2, 0) is 16.0 Å². The Hall–Kier alpha value is -4.00. The fourth-order valence-corrected chi connectivity index (χ4v) is 6.06. The molecule has 0 N–H and O–H groups in total. The van der Waals surface area contributed by atoms with Crippen LogP contribution in [-0.4, -0.2) is 37.2 Å². The first-order valence-electron chi connectivity index (χ1n) is 13.5. The topological polar surface area (TPSA) is 65.1 Å². The van der Waals surface area contributed by atoms with E-state index in [1.54, 1.807) is 36.3 Å². The van der Waals surface area contributed by atoms with Crippen molar-refractivity contribution in [3.05, 3.63) is 111 Å². The number of halogens is 2. The Kier molecular flexibility index (Phi) is 8.48. The van der Waals surface area contributed by atoms with Gasteiger partial charge in [-0.25, -0.2) is 9.59 Å². The van der Waals surface area contributed by atoms with E-state index in [0.717, 1.165) is 44.5 Å². The lowest BCUT2D eigenvalue weighted by molar-refractivity contribution is 0.0600. The fraction of sp³-hybridized carbons (Fsp3) is 0.235. The molecule has 1 aliphatic rings. The Morgan fingerprint density at radius 2 is 1.60 bits per heavy atom. The molecule has 216 valence electrons. The maximum Gasteiger partial charge on any atom is 0.411 e. The highest BCUT2D eigenvalue weighted by atomic mass is 35.5. The molecule has 0 unspecified atom stereocenters. The van der Waals surface area contributed by atoms with Crippen LogP contribution < -0.4 is 4.74 Å². The molecule has 5 rings (SSSR count). The number of esters is 1. The third-order valence-corrected chi connectivity index (χ3v) is 8.09. The van der Waals surface area contributed by atoms with Crippen LogP contribution in [0.1, 0.15) is 45.6 Å². The maximum atomic E-state index is 13.2. The Morgan fingerprint density at radius 3 is 2.26 bits per heavy atom. The molecule has 42 heavy (non-hydrogen) atoms. The van der Waals surface area contributed by atoms with Crippen molar-refractivity contribution in [3.63, 3.8) is 0 Å². The number of hydrogen-bond acceptors (Lipinski definition) is 5. The van der Waals surface area contributed by atoms with Crippen LogP contribution in [0.2, 0.25) is 10.0 Å². The van der Waals surface area contributed by atoms with Gasteiger partial charge in [0, 0.05) is 15.6 Å². The van der Waals surface area contributed by atoms with Crippen LogP contribution in [0.3, 0.4) is 0 Å². The van der Waals surface area contributed by atoms with Gasteiger partial charge >= 0.3 is 12.1 Å². The number of aryl methyl sites for hydroxylation is 2. The quantitative estimate of drug-likeness (QED) is 0.197. The van der Waals surface area contributed by atoms with Gasteiger partial charge in [0.2, 0.25) is 0 Å². The van der Waals surface area contributed by atoms with E-state index in [4.69, 9.17) is 37.4 Å². The van der Waals surface area contributed by atoms with Crippen molar-refractivity contribution in [1.29, 1.82) is 0 Å². The van der Waals surface area contributed by atoms with E-state index in [1.165, 1.54) is 7.11 Å². The van der Waals surface area contributed by atoms with E-state index in [0.29, 0.717) is 27.9 Å².